The fraction of sp³-hybridized carbons (Fsp3) is 0.154. The van der Waals surface area contributed by atoms with E-state index in [2.05, 4.69) is 9.98 Å². The van der Waals surface area contributed by atoms with Gasteiger partial charge in [0.25, 0.3) is 0 Å². The van der Waals surface area contributed by atoms with E-state index in [-0.39, 0.29) is 0 Å². The third kappa shape index (κ3) is 1.87. The molecule has 0 fully saturated rings. The molecule has 0 aromatic heterocycles. The molecular weight excluding hydrogens is 242 g/mol. The molecule has 0 atom stereocenters. The third-order valence-corrected chi connectivity index (χ3v) is 3.13. The van der Waals surface area contributed by atoms with E-state index < -0.39 is 5.91 Å². The summed E-state index contributed by atoms with van der Waals surface area (Å²) < 4.78 is 0. The monoisotopic (exact) mass is 255 g/mol. The first kappa shape index (κ1) is 11.5. The van der Waals surface area contributed by atoms with Crippen molar-refractivity contribution in [3.63, 3.8) is 0 Å². The van der Waals surface area contributed by atoms with Crippen LogP contribution in [0.3, 0.4) is 0 Å². The topological polar surface area (TPSA) is 97.1 Å². The van der Waals surface area contributed by atoms with Crippen molar-refractivity contribution in [1.82, 2.24) is 4.90 Å². The Kier molecular flexibility index (Phi) is 2.56. The molecule has 1 amide bonds. The molecule has 3 rings (SSSR count). The maximum atomic E-state index is 11.2. The van der Waals surface area contributed by atoms with E-state index in [1.54, 1.807) is 24.4 Å². The molecule has 1 aromatic carbocycles. The molecule has 2 heterocycles. The molecule has 0 radical (unpaired) electrons. The Labute approximate surface area is 110 Å². The number of hydrogen-bond donors (Lipinski definition) is 2. The van der Waals surface area contributed by atoms with Crippen LogP contribution >= 0.6 is 0 Å². The number of nitrogens with zero attached hydrogens (tertiary/aromatic N) is 3. The van der Waals surface area contributed by atoms with Crippen LogP contribution < -0.4 is 11.5 Å². The lowest BCUT2D eigenvalue weighted by Gasteiger charge is -2.25. The molecule has 19 heavy (non-hydrogen) atoms. The van der Waals surface area contributed by atoms with Crippen molar-refractivity contribution in [3.05, 3.63) is 41.6 Å². The van der Waals surface area contributed by atoms with Crippen molar-refractivity contribution >= 4 is 23.3 Å². The van der Waals surface area contributed by atoms with Gasteiger partial charge in [0.05, 0.1) is 18.4 Å². The van der Waals surface area contributed by atoms with Gasteiger partial charge in [-0.15, -0.1) is 0 Å². The number of fused-ring (bicyclic) bond motifs is 1. The first-order valence-electron chi connectivity index (χ1n) is 5.93. The van der Waals surface area contributed by atoms with Crippen molar-refractivity contribution in [1.29, 1.82) is 0 Å². The Bertz CT molecular complexity index is 644. The van der Waals surface area contributed by atoms with Crippen molar-refractivity contribution in [2.75, 3.05) is 13.1 Å². The number of nitrogens with two attached hydrogens (primary N) is 2. The molecule has 6 heteroatoms. The van der Waals surface area contributed by atoms with Gasteiger partial charge in [0, 0.05) is 17.7 Å². The maximum Gasteiger partial charge on any atom is 0.248 e. The Balaban J connectivity index is 2.05. The van der Waals surface area contributed by atoms with Crippen molar-refractivity contribution in [3.8, 4) is 0 Å². The number of hydrogen-bond acceptors (Lipinski definition) is 5. The number of rotatable bonds is 2. The van der Waals surface area contributed by atoms with Crippen LogP contribution in [0.5, 0.6) is 0 Å². The van der Waals surface area contributed by atoms with Crippen LogP contribution in [0.4, 0.5) is 0 Å². The minimum Gasteiger partial charge on any atom is -0.381 e. The summed E-state index contributed by atoms with van der Waals surface area (Å²) in [5, 5.41) is 0. The molecule has 0 bridgehead atoms. The lowest BCUT2D eigenvalue weighted by atomic mass is 10.1. The summed E-state index contributed by atoms with van der Waals surface area (Å²) in [5.74, 6) is 0.672. The fourth-order valence-electron chi connectivity index (χ4n) is 2.22. The Morgan fingerprint density at radius 3 is 3.00 bits per heavy atom. The van der Waals surface area contributed by atoms with Gasteiger partial charge in [-0.1, -0.05) is 12.1 Å². The zero-order valence-corrected chi connectivity index (χ0v) is 10.2. The van der Waals surface area contributed by atoms with Gasteiger partial charge in [-0.05, 0) is 12.1 Å². The van der Waals surface area contributed by atoms with Gasteiger partial charge < -0.3 is 16.4 Å². The summed E-state index contributed by atoms with van der Waals surface area (Å²) in [5.41, 5.74) is 13.3. The molecule has 2 aliphatic rings. The van der Waals surface area contributed by atoms with Gasteiger partial charge in [0.1, 0.15) is 0 Å². The van der Waals surface area contributed by atoms with Crippen molar-refractivity contribution in [2.45, 2.75) is 0 Å². The molecular formula is C13H13N5O. The number of carbonyl (C=O) groups is 1. The summed E-state index contributed by atoms with van der Waals surface area (Å²) in [6, 6.07) is 7.14. The van der Waals surface area contributed by atoms with Gasteiger partial charge >= 0.3 is 0 Å². The number of amidine groups is 2. The highest BCUT2D eigenvalue weighted by Gasteiger charge is 2.27. The fourth-order valence-corrected chi connectivity index (χ4v) is 2.22. The minimum atomic E-state index is -0.448. The van der Waals surface area contributed by atoms with E-state index in [9.17, 15) is 4.79 Å². The summed E-state index contributed by atoms with van der Waals surface area (Å²) in [7, 11) is 0. The van der Waals surface area contributed by atoms with Crippen LogP contribution in [-0.2, 0) is 0 Å². The van der Waals surface area contributed by atoms with Gasteiger partial charge in [-0.25, -0.2) is 4.99 Å². The summed E-state index contributed by atoms with van der Waals surface area (Å²) in [6.45, 7) is 1.45. The van der Waals surface area contributed by atoms with Gasteiger partial charge in [-0.3, -0.25) is 9.79 Å². The van der Waals surface area contributed by atoms with Gasteiger partial charge in [-0.2, -0.15) is 0 Å². The first-order chi connectivity index (χ1) is 9.16. The summed E-state index contributed by atoms with van der Waals surface area (Å²) in [6.07, 6.45) is 1.69. The number of amides is 1. The van der Waals surface area contributed by atoms with Gasteiger partial charge in [0.2, 0.25) is 5.91 Å². The quantitative estimate of drug-likeness (QED) is 0.788. The molecule has 4 N–H and O–H groups in total. The highest BCUT2D eigenvalue weighted by molar-refractivity contribution is 6.42. The lowest BCUT2D eigenvalue weighted by Crippen LogP contribution is -2.38. The summed E-state index contributed by atoms with van der Waals surface area (Å²) >= 11 is 0. The number of primary amides is 1. The second-order valence-corrected chi connectivity index (χ2v) is 4.33. The second-order valence-electron chi connectivity index (χ2n) is 4.33. The number of carbonyl (C=O) groups excluding carboxylic acids is 1. The number of benzene rings is 1. The minimum absolute atomic E-state index is 0.423. The average molecular weight is 255 g/mol. The van der Waals surface area contributed by atoms with Crippen molar-refractivity contribution < 1.29 is 4.79 Å². The zero-order valence-electron chi connectivity index (χ0n) is 10.2. The Morgan fingerprint density at radius 1 is 1.37 bits per heavy atom. The standard InChI is InChI=1S/C13H13N5O/c14-11-13-16-4-5-18(13)10(7-17-11)8-2-1-3-9(6-8)12(15)19/h1-3,6-7H,4-5H2,(H2,14,17)(H2,15,19). The highest BCUT2D eigenvalue weighted by atomic mass is 16.1. The molecule has 0 saturated heterocycles. The summed E-state index contributed by atoms with van der Waals surface area (Å²) in [4.78, 5) is 21.7. The molecule has 0 aliphatic carbocycles. The largest absolute Gasteiger partial charge is 0.381 e. The Hall–Kier alpha value is -2.63. The van der Waals surface area contributed by atoms with Crippen molar-refractivity contribution in [2.24, 2.45) is 21.5 Å². The number of aliphatic imine (C=N–C) groups is 2. The van der Waals surface area contributed by atoms with E-state index in [1.807, 2.05) is 11.0 Å². The van der Waals surface area contributed by atoms with E-state index in [0.717, 1.165) is 17.8 Å². The van der Waals surface area contributed by atoms with Gasteiger partial charge in [0.15, 0.2) is 11.7 Å². The molecule has 6 nitrogen and oxygen atoms in total. The molecule has 96 valence electrons. The molecule has 0 unspecified atom stereocenters. The molecule has 2 aliphatic heterocycles. The third-order valence-electron chi connectivity index (χ3n) is 3.13. The van der Waals surface area contributed by atoms with Crippen LogP contribution in [0.15, 0.2) is 40.5 Å². The maximum absolute atomic E-state index is 11.2. The smallest absolute Gasteiger partial charge is 0.248 e. The SMILES string of the molecule is NC(=O)c1cccc(C2=CN=C(N)C3=NCCN23)c1. The van der Waals surface area contributed by atoms with Crippen LogP contribution in [0.25, 0.3) is 5.70 Å². The normalized spacial score (nSPS) is 17.5. The van der Waals surface area contributed by atoms with E-state index in [4.69, 9.17) is 11.5 Å². The van der Waals surface area contributed by atoms with E-state index >= 15 is 0 Å². The van der Waals surface area contributed by atoms with Crippen LogP contribution in [0, 0.1) is 0 Å². The highest BCUT2D eigenvalue weighted by Crippen LogP contribution is 2.25. The molecule has 0 saturated carbocycles. The predicted molar refractivity (Wildman–Crippen MR) is 73.6 cm³/mol. The first-order valence-corrected chi connectivity index (χ1v) is 5.93. The average Bonchev–Trinajstić information content (AvgIpc) is 2.89. The zero-order chi connectivity index (χ0) is 13.4. The van der Waals surface area contributed by atoms with E-state index in [1.165, 1.54) is 0 Å². The second kappa shape index (κ2) is 4.24. The lowest BCUT2D eigenvalue weighted by molar-refractivity contribution is 0.100. The molecule has 0 spiro atoms. The van der Waals surface area contributed by atoms with E-state index in [0.29, 0.717) is 23.8 Å². The Morgan fingerprint density at radius 2 is 2.21 bits per heavy atom. The predicted octanol–water partition coefficient (Wildman–Crippen LogP) is 0.169. The van der Waals surface area contributed by atoms with Crippen LogP contribution in [0.1, 0.15) is 15.9 Å². The van der Waals surface area contributed by atoms with Crippen LogP contribution in [-0.4, -0.2) is 35.6 Å². The molecule has 1 aromatic rings. The van der Waals surface area contributed by atoms with Crippen LogP contribution in [0.2, 0.25) is 0 Å².